The van der Waals surface area contributed by atoms with Crippen molar-refractivity contribution >= 4 is 39.0 Å². The Kier molecular flexibility index (Phi) is 5.11. The highest BCUT2D eigenvalue weighted by atomic mass is 79.9. The SMILES string of the molecule is O=C(C1=C([O-])C(=O)N(Cc2ccc[nH+]c2)C1c1cccc(Br)c1)c1cccs1. The van der Waals surface area contributed by atoms with Crippen molar-refractivity contribution in [2.24, 2.45) is 0 Å². The van der Waals surface area contributed by atoms with Crippen molar-refractivity contribution in [1.82, 2.24) is 4.90 Å². The fraction of sp³-hybridized carbons (Fsp3) is 0.0952. The molecule has 0 saturated carbocycles. The highest BCUT2D eigenvalue weighted by Gasteiger charge is 2.40. The van der Waals surface area contributed by atoms with Gasteiger partial charge in [0, 0.05) is 21.7 Å². The van der Waals surface area contributed by atoms with E-state index in [2.05, 4.69) is 20.9 Å². The van der Waals surface area contributed by atoms with Crippen LogP contribution in [0.2, 0.25) is 0 Å². The Morgan fingerprint density at radius 3 is 2.75 bits per heavy atom. The molecule has 1 aromatic carbocycles. The molecule has 7 heteroatoms. The van der Waals surface area contributed by atoms with Gasteiger partial charge in [0.1, 0.15) is 0 Å². The first-order chi connectivity index (χ1) is 13.6. The second kappa shape index (κ2) is 7.69. The zero-order valence-corrected chi connectivity index (χ0v) is 17.0. The van der Waals surface area contributed by atoms with Crippen LogP contribution >= 0.6 is 27.3 Å². The molecule has 2 aromatic heterocycles. The predicted molar refractivity (Wildman–Crippen MR) is 106 cm³/mol. The van der Waals surface area contributed by atoms with Crippen LogP contribution in [-0.4, -0.2) is 16.6 Å². The molecule has 28 heavy (non-hydrogen) atoms. The van der Waals surface area contributed by atoms with E-state index >= 15 is 0 Å². The molecule has 5 nitrogen and oxygen atoms in total. The molecule has 0 bridgehead atoms. The van der Waals surface area contributed by atoms with Crippen LogP contribution in [0.4, 0.5) is 0 Å². The minimum atomic E-state index is -0.733. The summed E-state index contributed by atoms with van der Waals surface area (Å²) in [6.45, 7) is 0.223. The van der Waals surface area contributed by atoms with Gasteiger partial charge in [0.2, 0.25) is 11.7 Å². The number of rotatable bonds is 5. The third-order valence-electron chi connectivity index (χ3n) is 4.56. The number of aromatic amines is 1. The average molecular weight is 455 g/mol. The van der Waals surface area contributed by atoms with Crippen molar-refractivity contribution in [2.45, 2.75) is 12.6 Å². The highest BCUT2D eigenvalue weighted by molar-refractivity contribution is 9.10. The first-order valence-electron chi connectivity index (χ1n) is 8.57. The van der Waals surface area contributed by atoms with E-state index in [0.29, 0.717) is 10.4 Å². The number of pyridine rings is 1. The minimum Gasteiger partial charge on any atom is -0.868 e. The Morgan fingerprint density at radius 1 is 1.21 bits per heavy atom. The largest absolute Gasteiger partial charge is 0.868 e. The van der Waals surface area contributed by atoms with Gasteiger partial charge in [0.25, 0.3) is 0 Å². The second-order valence-corrected chi connectivity index (χ2v) is 8.21. The van der Waals surface area contributed by atoms with Crippen LogP contribution in [0.1, 0.15) is 26.8 Å². The number of Topliss-reactive ketones (excluding diaryl/α,β-unsaturated/α-hetero) is 1. The van der Waals surface area contributed by atoms with Crippen LogP contribution < -0.4 is 10.1 Å². The Labute approximate surface area is 174 Å². The molecule has 1 amide bonds. The van der Waals surface area contributed by atoms with Gasteiger partial charge < -0.3 is 10.0 Å². The Balaban J connectivity index is 1.81. The summed E-state index contributed by atoms with van der Waals surface area (Å²) in [6, 6.07) is 13.7. The molecule has 0 radical (unpaired) electrons. The zero-order chi connectivity index (χ0) is 19.7. The summed E-state index contributed by atoms with van der Waals surface area (Å²) >= 11 is 4.70. The van der Waals surface area contributed by atoms with E-state index in [4.69, 9.17) is 0 Å². The minimum absolute atomic E-state index is 0.00506. The van der Waals surface area contributed by atoms with Crippen LogP contribution in [0.25, 0.3) is 0 Å². The maximum absolute atomic E-state index is 13.1. The van der Waals surface area contributed by atoms with Gasteiger partial charge in [0.15, 0.2) is 12.4 Å². The molecule has 1 atom stereocenters. The fourth-order valence-electron chi connectivity index (χ4n) is 3.32. The quantitative estimate of drug-likeness (QED) is 0.556. The molecule has 3 aromatic rings. The maximum Gasteiger partial charge on any atom is 0.240 e. The van der Waals surface area contributed by atoms with Crippen molar-refractivity contribution in [1.29, 1.82) is 0 Å². The van der Waals surface area contributed by atoms with Crippen LogP contribution in [0.5, 0.6) is 0 Å². The molecule has 0 saturated heterocycles. The van der Waals surface area contributed by atoms with E-state index in [1.54, 1.807) is 29.9 Å². The van der Waals surface area contributed by atoms with Gasteiger partial charge in [-0.25, -0.2) is 4.98 Å². The molecule has 0 fully saturated rings. The number of hydrogen-bond donors (Lipinski definition) is 0. The fourth-order valence-corrected chi connectivity index (χ4v) is 4.42. The van der Waals surface area contributed by atoms with Gasteiger partial charge in [-0.2, -0.15) is 0 Å². The number of nitrogens with zero attached hydrogens (tertiary/aromatic N) is 1. The lowest BCUT2D eigenvalue weighted by molar-refractivity contribution is -0.378. The number of H-pyrrole nitrogens is 1. The molecular formula is C21H15BrN2O3S. The average Bonchev–Trinajstić information content (AvgIpc) is 3.32. The van der Waals surface area contributed by atoms with E-state index < -0.39 is 17.7 Å². The van der Waals surface area contributed by atoms with Crippen LogP contribution in [-0.2, 0) is 11.3 Å². The van der Waals surface area contributed by atoms with Crippen molar-refractivity contribution < 1.29 is 19.7 Å². The number of thiophene rings is 1. The Morgan fingerprint density at radius 2 is 2.07 bits per heavy atom. The number of benzene rings is 1. The molecule has 3 heterocycles. The number of carbonyl (C=O) groups is 2. The maximum atomic E-state index is 13.1. The van der Waals surface area contributed by atoms with Gasteiger partial charge in [-0.1, -0.05) is 34.1 Å². The lowest BCUT2D eigenvalue weighted by Gasteiger charge is -2.27. The van der Waals surface area contributed by atoms with Gasteiger partial charge in [-0.05, 0) is 41.0 Å². The van der Waals surface area contributed by atoms with E-state index in [1.165, 1.54) is 16.2 Å². The Hall–Kier alpha value is -2.77. The summed E-state index contributed by atoms with van der Waals surface area (Å²) in [6.07, 6.45) is 3.54. The zero-order valence-electron chi connectivity index (χ0n) is 14.6. The molecule has 4 rings (SSSR count). The third kappa shape index (κ3) is 3.39. The number of aromatic nitrogens is 1. The monoisotopic (exact) mass is 454 g/mol. The predicted octanol–water partition coefficient (Wildman–Crippen LogP) is 2.91. The normalized spacial score (nSPS) is 16.7. The molecule has 140 valence electrons. The van der Waals surface area contributed by atoms with Gasteiger partial charge in [-0.3, -0.25) is 9.59 Å². The smallest absolute Gasteiger partial charge is 0.240 e. The van der Waals surface area contributed by atoms with Crippen molar-refractivity contribution in [3.63, 3.8) is 0 Å². The number of amides is 1. The number of carbonyl (C=O) groups excluding carboxylic acids is 2. The van der Waals surface area contributed by atoms with Gasteiger partial charge >= 0.3 is 0 Å². The van der Waals surface area contributed by atoms with Gasteiger partial charge in [0.05, 0.1) is 17.5 Å². The first-order valence-corrected chi connectivity index (χ1v) is 10.2. The van der Waals surface area contributed by atoms with Crippen molar-refractivity contribution in [3.05, 3.63) is 98.1 Å². The number of halogens is 1. The lowest BCUT2D eigenvalue weighted by Crippen LogP contribution is -2.32. The van der Waals surface area contributed by atoms with Gasteiger partial charge in [-0.15, -0.1) is 11.3 Å². The second-order valence-electron chi connectivity index (χ2n) is 6.35. The summed E-state index contributed by atoms with van der Waals surface area (Å²) < 4.78 is 0.813. The van der Waals surface area contributed by atoms with Crippen LogP contribution in [0.15, 0.2) is 82.1 Å². The summed E-state index contributed by atoms with van der Waals surface area (Å²) in [7, 11) is 0. The summed E-state index contributed by atoms with van der Waals surface area (Å²) in [5, 5.41) is 14.6. The first kappa shape index (κ1) is 18.6. The van der Waals surface area contributed by atoms with E-state index in [0.717, 1.165) is 10.0 Å². The molecular weight excluding hydrogens is 440 g/mol. The number of ketones is 1. The number of hydrogen-bond acceptors (Lipinski definition) is 4. The summed E-state index contributed by atoms with van der Waals surface area (Å²) in [5.74, 6) is -1.78. The highest BCUT2D eigenvalue weighted by Crippen LogP contribution is 2.40. The Bertz CT molecular complexity index is 1060. The van der Waals surface area contributed by atoms with Crippen LogP contribution in [0.3, 0.4) is 0 Å². The van der Waals surface area contributed by atoms with E-state index in [9.17, 15) is 14.7 Å². The molecule has 1 N–H and O–H groups in total. The number of nitrogens with one attached hydrogen (secondary N) is 1. The molecule has 1 aliphatic rings. The third-order valence-corrected chi connectivity index (χ3v) is 5.93. The van der Waals surface area contributed by atoms with Crippen LogP contribution in [0, 0.1) is 0 Å². The summed E-state index contributed by atoms with van der Waals surface area (Å²) in [4.78, 5) is 30.8. The lowest BCUT2D eigenvalue weighted by atomic mass is 9.95. The van der Waals surface area contributed by atoms with E-state index in [1.807, 2.05) is 36.4 Å². The molecule has 0 aliphatic carbocycles. The van der Waals surface area contributed by atoms with Crippen molar-refractivity contribution in [2.75, 3.05) is 0 Å². The van der Waals surface area contributed by atoms with E-state index in [-0.39, 0.29) is 17.9 Å². The summed E-state index contributed by atoms with van der Waals surface area (Å²) in [5.41, 5.74) is 1.56. The molecule has 0 spiro atoms. The standard InChI is InChI=1S/C21H15BrN2O3S/c22-15-6-1-5-14(10-15)18-17(19(25)16-7-3-9-28-16)20(26)21(27)24(18)12-13-4-2-8-23-11-13/h1-11,18,26H,12H2. The molecule has 1 unspecified atom stereocenters. The van der Waals surface area contributed by atoms with Crippen molar-refractivity contribution in [3.8, 4) is 0 Å². The molecule has 1 aliphatic heterocycles. The topological polar surface area (TPSA) is 74.6 Å².